The van der Waals surface area contributed by atoms with E-state index in [1.54, 1.807) is 0 Å². The second-order valence-corrected chi connectivity index (χ2v) is 4.98. The monoisotopic (exact) mass is 257 g/mol. The van der Waals surface area contributed by atoms with Crippen LogP contribution in [-0.2, 0) is 11.3 Å². The van der Waals surface area contributed by atoms with Gasteiger partial charge in [0.15, 0.2) is 0 Å². The van der Waals surface area contributed by atoms with Gasteiger partial charge in [0.25, 0.3) is 0 Å². The molecule has 0 spiro atoms. The summed E-state index contributed by atoms with van der Waals surface area (Å²) in [4.78, 5) is 7.06. The summed E-state index contributed by atoms with van der Waals surface area (Å²) >= 11 is 0. The maximum Gasteiger partial charge on any atom is 0.137 e. The van der Waals surface area contributed by atoms with Gasteiger partial charge in [-0.3, -0.25) is 0 Å². The number of hydrogen-bond donors (Lipinski definition) is 1. The Balaban J connectivity index is 2.14. The zero-order chi connectivity index (χ0) is 13.2. The molecule has 2 aromatic rings. The molecule has 1 unspecified atom stereocenters. The van der Waals surface area contributed by atoms with Crippen LogP contribution in [0.25, 0.3) is 10.8 Å². The molecule has 19 heavy (non-hydrogen) atoms. The van der Waals surface area contributed by atoms with E-state index in [2.05, 4.69) is 42.2 Å². The van der Waals surface area contributed by atoms with Crippen LogP contribution >= 0.6 is 0 Å². The second-order valence-electron chi connectivity index (χ2n) is 4.98. The number of benzene rings is 1. The molecule has 1 aliphatic rings. The lowest BCUT2D eigenvalue weighted by atomic mass is 10.1. The molecule has 1 aromatic carbocycles. The molecule has 0 bridgehead atoms. The highest BCUT2D eigenvalue weighted by molar-refractivity contribution is 5.92. The number of nitrogens with two attached hydrogens (primary N) is 1. The normalized spacial score (nSPS) is 19.9. The Morgan fingerprint density at radius 1 is 1.42 bits per heavy atom. The van der Waals surface area contributed by atoms with Crippen molar-refractivity contribution in [1.82, 2.24) is 4.98 Å². The van der Waals surface area contributed by atoms with Crippen LogP contribution in [0, 0.1) is 0 Å². The van der Waals surface area contributed by atoms with Crippen molar-refractivity contribution in [3.8, 4) is 0 Å². The zero-order valence-corrected chi connectivity index (χ0v) is 11.2. The van der Waals surface area contributed by atoms with Crippen LogP contribution in [0.2, 0.25) is 0 Å². The van der Waals surface area contributed by atoms with Crippen LogP contribution in [0.1, 0.15) is 12.6 Å². The molecule has 1 aromatic heterocycles. The number of aromatic nitrogens is 1. The highest BCUT2D eigenvalue weighted by Crippen LogP contribution is 2.28. The first-order valence-corrected chi connectivity index (χ1v) is 6.72. The predicted octanol–water partition coefficient (Wildman–Crippen LogP) is 1.92. The summed E-state index contributed by atoms with van der Waals surface area (Å²) in [6.45, 7) is 5.03. The van der Waals surface area contributed by atoms with Crippen molar-refractivity contribution in [3.05, 3.63) is 36.0 Å². The second kappa shape index (κ2) is 5.15. The van der Waals surface area contributed by atoms with Crippen molar-refractivity contribution in [1.29, 1.82) is 0 Å². The van der Waals surface area contributed by atoms with Crippen LogP contribution < -0.4 is 10.6 Å². The molecule has 1 saturated heterocycles. The average Bonchev–Trinajstić information content (AvgIpc) is 2.46. The molecule has 4 nitrogen and oxygen atoms in total. The maximum absolute atomic E-state index is 5.77. The molecular weight excluding hydrogens is 238 g/mol. The first kappa shape index (κ1) is 12.4. The molecule has 2 N–H and O–H groups in total. The quantitative estimate of drug-likeness (QED) is 0.893. The molecule has 2 heterocycles. The fourth-order valence-corrected chi connectivity index (χ4v) is 2.60. The van der Waals surface area contributed by atoms with Crippen molar-refractivity contribution in [3.63, 3.8) is 0 Å². The summed E-state index contributed by atoms with van der Waals surface area (Å²) in [5.41, 5.74) is 6.71. The van der Waals surface area contributed by atoms with E-state index in [9.17, 15) is 0 Å². The number of hydrogen-bond acceptors (Lipinski definition) is 4. The third-order valence-electron chi connectivity index (χ3n) is 3.62. The minimum absolute atomic E-state index is 0.345. The van der Waals surface area contributed by atoms with Gasteiger partial charge in [-0.2, -0.15) is 0 Å². The van der Waals surface area contributed by atoms with Gasteiger partial charge in [-0.05, 0) is 18.4 Å². The maximum atomic E-state index is 5.77. The molecule has 0 saturated carbocycles. The van der Waals surface area contributed by atoms with E-state index in [4.69, 9.17) is 15.5 Å². The molecule has 1 fully saturated rings. The minimum Gasteiger partial charge on any atom is -0.377 e. The molecule has 0 radical (unpaired) electrons. The highest BCUT2D eigenvalue weighted by atomic mass is 16.5. The first-order valence-electron chi connectivity index (χ1n) is 6.72. The largest absolute Gasteiger partial charge is 0.377 e. The van der Waals surface area contributed by atoms with Crippen molar-refractivity contribution in [2.45, 2.75) is 19.5 Å². The number of fused-ring (bicyclic) bond motifs is 1. The average molecular weight is 257 g/mol. The van der Waals surface area contributed by atoms with E-state index in [0.29, 0.717) is 12.6 Å². The molecule has 100 valence electrons. The Morgan fingerprint density at radius 2 is 2.26 bits per heavy atom. The van der Waals surface area contributed by atoms with Crippen LogP contribution in [-0.4, -0.2) is 30.8 Å². The number of pyridine rings is 1. The smallest absolute Gasteiger partial charge is 0.137 e. The fraction of sp³-hybridized carbons (Fsp3) is 0.400. The summed E-state index contributed by atoms with van der Waals surface area (Å²) in [5.74, 6) is 1.04. The lowest BCUT2D eigenvalue weighted by molar-refractivity contribution is 0.0987. The van der Waals surface area contributed by atoms with Crippen LogP contribution in [0.3, 0.4) is 0 Å². The summed E-state index contributed by atoms with van der Waals surface area (Å²) in [6, 6.07) is 10.8. The van der Waals surface area contributed by atoms with E-state index in [1.807, 2.05) is 0 Å². The Morgan fingerprint density at radius 3 is 3.05 bits per heavy atom. The van der Waals surface area contributed by atoms with Crippen molar-refractivity contribution in [2.24, 2.45) is 5.73 Å². The summed E-state index contributed by atoms with van der Waals surface area (Å²) < 4.78 is 5.51. The lowest BCUT2D eigenvalue weighted by Crippen LogP contribution is -2.44. The summed E-state index contributed by atoms with van der Waals surface area (Å²) in [5, 5.41) is 2.39. The zero-order valence-electron chi connectivity index (χ0n) is 11.2. The lowest BCUT2D eigenvalue weighted by Gasteiger charge is -2.35. The van der Waals surface area contributed by atoms with Gasteiger partial charge in [0.1, 0.15) is 5.82 Å². The summed E-state index contributed by atoms with van der Waals surface area (Å²) in [7, 11) is 0. The molecule has 1 aliphatic heterocycles. The van der Waals surface area contributed by atoms with Gasteiger partial charge >= 0.3 is 0 Å². The Labute approximate surface area is 113 Å². The van der Waals surface area contributed by atoms with E-state index in [-0.39, 0.29) is 0 Å². The van der Waals surface area contributed by atoms with Gasteiger partial charge in [-0.1, -0.05) is 24.3 Å². The number of rotatable bonds is 2. The number of nitrogens with zero attached hydrogens (tertiary/aromatic N) is 2. The third kappa shape index (κ3) is 2.29. The molecule has 0 aliphatic carbocycles. The van der Waals surface area contributed by atoms with Crippen LogP contribution in [0.15, 0.2) is 30.3 Å². The molecule has 4 heteroatoms. The number of anilines is 1. The standard InChI is InChI=1S/C15H19N3O/c1-11-10-19-7-6-18(11)15-14-5-3-2-4-12(14)8-13(9-16)17-15/h2-5,8,11H,6-7,9-10,16H2,1H3. The van der Waals surface area contributed by atoms with Gasteiger partial charge in [-0.15, -0.1) is 0 Å². The van der Waals surface area contributed by atoms with Crippen LogP contribution in [0.5, 0.6) is 0 Å². The first-order chi connectivity index (χ1) is 9.29. The predicted molar refractivity (Wildman–Crippen MR) is 77.3 cm³/mol. The van der Waals surface area contributed by atoms with Gasteiger partial charge in [0.05, 0.1) is 24.9 Å². The number of morpholine rings is 1. The summed E-state index contributed by atoms with van der Waals surface area (Å²) in [6.07, 6.45) is 0. The van der Waals surface area contributed by atoms with E-state index in [1.165, 1.54) is 10.8 Å². The molecule has 3 rings (SSSR count). The van der Waals surface area contributed by atoms with E-state index < -0.39 is 0 Å². The van der Waals surface area contributed by atoms with Gasteiger partial charge in [0, 0.05) is 18.5 Å². The third-order valence-corrected chi connectivity index (χ3v) is 3.62. The Kier molecular flexibility index (Phi) is 3.36. The van der Waals surface area contributed by atoms with E-state index >= 15 is 0 Å². The van der Waals surface area contributed by atoms with Gasteiger partial charge < -0.3 is 15.4 Å². The number of ether oxygens (including phenoxy) is 1. The van der Waals surface area contributed by atoms with Gasteiger partial charge in [0.2, 0.25) is 0 Å². The van der Waals surface area contributed by atoms with Crippen molar-refractivity contribution < 1.29 is 4.74 Å². The fourth-order valence-electron chi connectivity index (χ4n) is 2.60. The van der Waals surface area contributed by atoms with Crippen molar-refractivity contribution >= 4 is 16.6 Å². The van der Waals surface area contributed by atoms with Crippen LogP contribution in [0.4, 0.5) is 5.82 Å². The Bertz CT molecular complexity index is 585. The molecular formula is C15H19N3O. The SMILES string of the molecule is CC1COCCN1c1nc(CN)cc2ccccc12. The minimum atomic E-state index is 0.345. The Hall–Kier alpha value is -1.65. The van der Waals surface area contributed by atoms with E-state index in [0.717, 1.165) is 31.3 Å². The topological polar surface area (TPSA) is 51.4 Å². The molecule has 1 atom stereocenters. The molecule has 0 amide bonds. The van der Waals surface area contributed by atoms with Gasteiger partial charge in [-0.25, -0.2) is 4.98 Å². The van der Waals surface area contributed by atoms with Crippen molar-refractivity contribution in [2.75, 3.05) is 24.7 Å². The highest BCUT2D eigenvalue weighted by Gasteiger charge is 2.22.